The molecule has 54 heavy (non-hydrogen) atoms. The van der Waals surface area contributed by atoms with Crippen LogP contribution < -0.4 is 5.32 Å². The van der Waals surface area contributed by atoms with Crippen molar-refractivity contribution < 1.29 is 38.2 Å². The van der Waals surface area contributed by atoms with Crippen molar-refractivity contribution in [1.82, 2.24) is 19.6 Å². The molecule has 0 aromatic heterocycles. The number of para-hydroxylation sites is 1. The number of hydrogen-bond donors (Lipinski definition) is 2. The van der Waals surface area contributed by atoms with E-state index in [9.17, 15) is 14.7 Å². The van der Waals surface area contributed by atoms with Gasteiger partial charge in [-0.3, -0.25) is 28.9 Å². The Morgan fingerprint density at radius 2 is 1.59 bits per heavy atom. The lowest BCUT2D eigenvalue weighted by atomic mass is 9.51. The van der Waals surface area contributed by atoms with E-state index in [1.165, 1.54) is 48.4 Å². The average molecular weight is 812 g/mol. The van der Waals surface area contributed by atoms with Crippen LogP contribution in [0.15, 0.2) is 42.5 Å². The molecule has 8 saturated heterocycles. The van der Waals surface area contributed by atoms with Gasteiger partial charge >= 0.3 is 5.97 Å². The van der Waals surface area contributed by atoms with E-state index in [4.69, 9.17) is 4.74 Å². The molecule has 1 aliphatic carbocycles. The van der Waals surface area contributed by atoms with Gasteiger partial charge in [0, 0.05) is 19.8 Å². The Kier molecular flexibility index (Phi) is 6.69. The van der Waals surface area contributed by atoms with Gasteiger partial charge in [-0.15, -0.1) is 0 Å². The fourth-order valence-corrected chi connectivity index (χ4v) is 18.6. The maximum absolute atomic E-state index is 16.0. The smallest absolute Gasteiger partial charge is 0.311 e. The van der Waals surface area contributed by atoms with E-state index in [-0.39, 0.29) is 12.3 Å². The zero-order chi connectivity index (χ0) is 38.5. The molecule has 10 atom stereocenters. The molecular formula is C37H38FN5O7S4. The number of amides is 4. The number of nitrogens with one attached hydrogen (secondary N) is 1. The molecule has 9 aliphatic heterocycles. The van der Waals surface area contributed by atoms with E-state index < -0.39 is 89.7 Å². The number of aliphatic hydroxyl groups excluding tert-OH is 1. The SMILES string of the molecule is CC[C@@]12SS[C@]3(C(=O)N1C)[C@@H](O)[C@]1([C@@]45c6ccccc6N[C@@H]4N4C(=O)[C@]6(C)SS[C@]4(C(=O)N6C)[C@H]5OC(=O)C(C)(C)C)c4cc(F)ccc4C[C@@H]1N3C2=O. The molecule has 12 nitrogen and oxygen atoms in total. The summed E-state index contributed by atoms with van der Waals surface area (Å²) in [6.45, 7) is 8.60. The highest BCUT2D eigenvalue weighted by molar-refractivity contribution is 8.78. The lowest BCUT2D eigenvalue weighted by molar-refractivity contribution is -0.177. The number of piperazine rings is 2. The van der Waals surface area contributed by atoms with Crippen LogP contribution in [0.4, 0.5) is 10.1 Å². The van der Waals surface area contributed by atoms with Crippen molar-refractivity contribution in [2.45, 2.75) is 102 Å². The number of hydrogen-bond acceptors (Lipinski definition) is 12. The number of halogens is 1. The summed E-state index contributed by atoms with van der Waals surface area (Å²) in [4.78, 5) is 74.5. The van der Waals surface area contributed by atoms with Gasteiger partial charge in [0.15, 0.2) is 15.8 Å². The van der Waals surface area contributed by atoms with Crippen LogP contribution in [0.5, 0.6) is 0 Å². The molecule has 0 unspecified atom stereocenters. The van der Waals surface area contributed by atoms with Crippen LogP contribution in [-0.4, -0.2) is 112 Å². The Bertz CT molecular complexity index is 2190. The van der Waals surface area contributed by atoms with Gasteiger partial charge in [-0.1, -0.05) is 52.8 Å². The molecular weight excluding hydrogens is 774 g/mol. The number of rotatable bonds is 3. The summed E-state index contributed by atoms with van der Waals surface area (Å²) in [7, 11) is 7.86. The first-order valence-electron chi connectivity index (χ1n) is 17.9. The number of carbonyl (C=O) groups is 5. The number of esters is 1. The van der Waals surface area contributed by atoms with E-state index in [0.717, 1.165) is 21.6 Å². The van der Waals surface area contributed by atoms with Crippen molar-refractivity contribution in [3.8, 4) is 0 Å². The fourth-order valence-electron chi connectivity index (χ4n) is 11.0. The average Bonchev–Trinajstić information content (AvgIpc) is 3.79. The van der Waals surface area contributed by atoms with Gasteiger partial charge in [-0.25, -0.2) is 4.39 Å². The predicted octanol–water partition coefficient (Wildman–Crippen LogP) is 3.63. The van der Waals surface area contributed by atoms with Crippen molar-refractivity contribution >= 4 is 78.5 Å². The first-order chi connectivity index (χ1) is 25.4. The minimum atomic E-state index is -1.88. The summed E-state index contributed by atoms with van der Waals surface area (Å²) >= 11 is 0. The summed E-state index contributed by atoms with van der Waals surface area (Å²) in [5, 5.41) is 17.3. The molecule has 2 N–H and O–H groups in total. The van der Waals surface area contributed by atoms with Crippen molar-refractivity contribution in [3.63, 3.8) is 0 Å². The molecule has 284 valence electrons. The van der Waals surface area contributed by atoms with Crippen LogP contribution in [0, 0.1) is 11.2 Å². The van der Waals surface area contributed by atoms with E-state index in [1.54, 1.807) is 58.8 Å². The first kappa shape index (κ1) is 35.3. The second kappa shape index (κ2) is 10.2. The zero-order valence-electron chi connectivity index (χ0n) is 30.5. The first-order valence-corrected chi connectivity index (χ1v) is 22.2. The Morgan fingerprint density at radius 3 is 2.30 bits per heavy atom. The van der Waals surface area contributed by atoms with E-state index >= 15 is 18.8 Å². The van der Waals surface area contributed by atoms with Crippen LogP contribution >= 0.6 is 43.2 Å². The molecule has 10 aliphatic rings. The second-order valence-electron chi connectivity index (χ2n) is 16.7. The molecule has 2 spiro atoms. The molecule has 4 bridgehead atoms. The van der Waals surface area contributed by atoms with Gasteiger partial charge in [-0.2, -0.15) is 0 Å². The summed E-state index contributed by atoms with van der Waals surface area (Å²) in [6, 6.07) is 10.6. The highest BCUT2D eigenvalue weighted by Crippen LogP contribution is 2.79. The second-order valence-corrected chi connectivity index (χ2v) is 22.1. The third-order valence-corrected chi connectivity index (χ3v) is 21.1. The number of benzene rings is 2. The standard InChI is InChI=1S/C37H38FN5O7S4/c1-8-33-27(46)42-22-15-17-13-14-18(38)16-20(17)34(22,23(44)36(42,53-52-33)28(47)41(33)7)35-19-11-9-10-12-21(19)39-25(35)43-26(45)32(5)40(6)29(48)37(43,54-51-32)24(35)50-30(49)31(2,3)4/h9-14,16,22-25,39,44H,8,15H2,1-7H3/t22-,23-,24-,25+,32-,33-,34-,35+,36-,37-/m0/s1. The van der Waals surface area contributed by atoms with Gasteiger partial charge in [0.05, 0.1) is 22.3 Å². The monoisotopic (exact) mass is 811 g/mol. The Labute approximate surface area is 326 Å². The molecule has 0 saturated carbocycles. The summed E-state index contributed by atoms with van der Waals surface area (Å²) < 4.78 is 22.8. The number of carbonyl (C=O) groups excluding carboxylic acids is 5. The normalized spacial score (nSPS) is 42.2. The molecule has 2 aromatic rings. The van der Waals surface area contributed by atoms with E-state index in [2.05, 4.69) is 5.32 Å². The van der Waals surface area contributed by atoms with Crippen molar-refractivity contribution in [2.75, 3.05) is 19.4 Å². The van der Waals surface area contributed by atoms with Gasteiger partial charge in [-0.05, 0) is 97.0 Å². The minimum absolute atomic E-state index is 0.132. The van der Waals surface area contributed by atoms with Gasteiger partial charge in [0.1, 0.15) is 18.1 Å². The molecule has 9 heterocycles. The zero-order valence-corrected chi connectivity index (χ0v) is 33.7. The van der Waals surface area contributed by atoms with Crippen molar-refractivity contribution in [1.29, 1.82) is 0 Å². The molecule has 4 amide bonds. The van der Waals surface area contributed by atoms with Crippen LogP contribution in [0.25, 0.3) is 0 Å². The molecule has 12 rings (SSSR count). The lowest BCUT2D eigenvalue weighted by Crippen LogP contribution is -2.77. The third-order valence-electron chi connectivity index (χ3n) is 13.6. The molecule has 8 fully saturated rings. The summed E-state index contributed by atoms with van der Waals surface area (Å²) in [5.74, 6) is -2.97. The van der Waals surface area contributed by atoms with E-state index in [1.807, 2.05) is 25.1 Å². The topological polar surface area (TPSA) is 140 Å². The Balaban J connectivity index is 1.38. The number of likely N-dealkylation sites (N-methyl/N-ethyl adjacent to an activating group) is 2. The number of nitrogens with zero attached hydrogens (tertiary/aromatic N) is 4. The minimum Gasteiger partial charge on any atom is -0.457 e. The maximum Gasteiger partial charge on any atom is 0.311 e. The van der Waals surface area contributed by atoms with Crippen LogP contribution in [0.2, 0.25) is 0 Å². The lowest BCUT2D eigenvalue weighted by Gasteiger charge is -2.59. The Morgan fingerprint density at radius 1 is 0.907 bits per heavy atom. The summed E-state index contributed by atoms with van der Waals surface area (Å²) in [6.07, 6.45) is -4.00. The largest absolute Gasteiger partial charge is 0.457 e. The van der Waals surface area contributed by atoms with Gasteiger partial charge < -0.3 is 29.9 Å². The highest BCUT2D eigenvalue weighted by Gasteiger charge is 2.93. The van der Waals surface area contributed by atoms with Crippen LogP contribution in [0.3, 0.4) is 0 Å². The predicted molar refractivity (Wildman–Crippen MR) is 203 cm³/mol. The van der Waals surface area contributed by atoms with Crippen molar-refractivity contribution in [3.05, 3.63) is 65.0 Å². The van der Waals surface area contributed by atoms with Crippen LogP contribution in [-0.2, 0) is 46.0 Å². The number of aliphatic hydroxyl groups is 1. The van der Waals surface area contributed by atoms with Gasteiger partial charge in [0.25, 0.3) is 23.6 Å². The quantitative estimate of drug-likeness (QED) is 0.346. The number of ether oxygens (including phenoxy) is 1. The maximum atomic E-state index is 16.0. The van der Waals surface area contributed by atoms with E-state index in [0.29, 0.717) is 28.8 Å². The molecule has 17 heteroatoms. The third kappa shape index (κ3) is 3.28. The van der Waals surface area contributed by atoms with Gasteiger partial charge in [0.2, 0.25) is 9.74 Å². The van der Waals surface area contributed by atoms with Crippen LogP contribution in [0.1, 0.15) is 57.7 Å². The molecule has 0 radical (unpaired) electrons. The highest BCUT2D eigenvalue weighted by atomic mass is 33.1. The summed E-state index contributed by atoms with van der Waals surface area (Å²) in [5.41, 5.74) is -2.63. The number of fused-ring (bicyclic) bond motifs is 11. The fraction of sp³-hybridized carbons (Fsp3) is 0.541. The molecule has 2 aromatic carbocycles. The number of anilines is 1. The van der Waals surface area contributed by atoms with Crippen molar-refractivity contribution in [2.24, 2.45) is 5.41 Å². The Hall–Kier alpha value is -3.12.